The van der Waals surface area contributed by atoms with Crippen molar-refractivity contribution in [3.8, 4) is 0 Å². The Morgan fingerprint density at radius 1 is 1.28 bits per heavy atom. The van der Waals surface area contributed by atoms with E-state index in [1.54, 1.807) is 11.0 Å². The van der Waals surface area contributed by atoms with E-state index >= 15 is 0 Å². The molecule has 2 heterocycles. The highest BCUT2D eigenvalue weighted by molar-refractivity contribution is 6.33. The third-order valence-electron chi connectivity index (χ3n) is 4.29. The van der Waals surface area contributed by atoms with Crippen LogP contribution in [-0.4, -0.2) is 32.1 Å². The quantitative estimate of drug-likeness (QED) is 0.784. The van der Waals surface area contributed by atoms with E-state index in [1.165, 1.54) is 0 Å². The fourth-order valence-electron chi connectivity index (χ4n) is 2.90. The zero-order chi connectivity index (χ0) is 18.0. The standard InChI is InChI=1S/C19H21ClN4O/c1-4-5-6-14(3)18-22-21-17-12-23(9-10-24(17)18)19(25)15-8-7-13(2)11-16(15)20/h4-8,11H,9-10,12H2,1-3H3. The monoisotopic (exact) mass is 356 g/mol. The van der Waals surface area contributed by atoms with Crippen molar-refractivity contribution in [2.45, 2.75) is 33.9 Å². The third-order valence-corrected chi connectivity index (χ3v) is 4.60. The van der Waals surface area contributed by atoms with Crippen LogP contribution in [0.25, 0.3) is 5.57 Å². The van der Waals surface area contributed by atoms with E-state index in [1.807, 2.05) is 51.1 Å². The van der Waals surface area contributed by atoms with Gasteiger partial charge in [0, 0.05) is 13.1 Å². The smallest absolute Gasteiger partial charge is 0.255 e. The molecular formula is C19H21ClN4O. The van der Waals surface area contributed by atoms with Gasteiger partial charge in [-0.2, -0.15) is 0 Å². The van der Waals surface area contributed by atoms with Crippen LogP contribution in [-0.2, 0) is 13.1 Å². The maximum absolute atomic E-state index is 12.8. The highest BCUT2D eigenvalue weighted by Gasteiger charge is 2.26. The average molecular weight is 357 g/mol. The lowest BCUT2D eigenvalue weighted by Gasteiger charge is -2.28. The number of fused-ring (bicyclic) bond motifs is 1. The number of benzene rings is 1. The first-order chi connectivity index (χ1) is 12.0. The Kier molecular flexibility index (Phi) is 5.04. The van der Waals surface area contributed by atoms with Crippen LogP contribution in [0.4, 0.5) is 0 Å². The molecule has 0 saturated heterocycles. The zero-order valence-electron chi connectivity index (χ0n) is 14.7. The first-order valence-electron chi connectivity index (χ1n) is 8.28. The van der Waals surface area contributed by atoms with Crippen LogP contribution in [0.15, 0.2) is 36.4 Å². The Labute approximate surface area is 152 Å². The number of rotatable bonds is 3. The Bertz CT molecular complexity index is 866. The molecule has 2 aromatic rings. The van der Waals surface area contributed by atoms with Crippen molar-refractivity contribution in [3.05, 3.63) is 64.2 Å². The molecule has 25 heavy (non-hydrogen) atoms. The molecule has 6 heteroatoms. The van der Waals surface area contributed by atoms with Crippen LogP contribution in [0, 0.1) is 6.92 Å². The average Bonchev–Trinajstić information content (AvgIpc) is 3.02. The number of aryl methyl sites for hydroxylation is 1. The molecule has 1 aliphatic heterocycles. The van der Waals surface area contributed by atoms with E-state index in [0.29, 0.717) is 30.2 Å². The molecule has 5 nitrogen and oxygen atoms in total. The lowest BCUT2D eigenvalue weighted by Crippen LogP contribution is -2.38. The number of carbonyl (C=O) groups excluding carboxylic acids is 1. The summed E-state index contributed by atoms with van der Waals surface area (Å²) < 4.78 is 2.08. The SMILES string of the molecule is CC=CC=C(C)c1nnc2n1CCN(C(=O)c1ccc(C)cc1Cl)C2. The van der Waals surface area contributed by atoms with Gasteiger partial charge in [0.05, 0.1) is 17.1 Å². The normalized spacial score (nSPS) is 14.9. The van der Waals surface area contributed by atoms with Crippen molar-refractivity contribution in [1.29, 1.82) is 0 Å². The van der Waals surface area contributed by atoms with Gasteiger partial charge in [0.1, 0.15) is 0 Å². The number of aromatic nitrogens is 3. The topological polar surface area (TPSA) is 51.0 Å². The summed E-state index contributed by atoms with van der Waals surface area (Å²) >= 11 is 6.24. The van der Waals surface area contributed by atoms with Gasteiger partial charge in [-0.3, -0.25) is 4.79 Å². The largest absolute Gasteiger partial charge is 0.329 e. The van der Waals surface area contributed by atoms with Crippen LogP contribution in [0.3, 0.4) is 0 Å². The molecule has 0 N–H and O–H groups in total. The molecular weight excluding hydrogens is 336 g/mol. The van der Waals surface area contributed by atoms with E-state index in [0.717, 1.165) is 22.8 Å². The van der Waals surface area contributed by atoms with Crippen LogP contribution < -0.4 is 0 Å². The summed E-state index contributed by atoms with van der Waals surface area (Å²) in [5.74, 6) is 1.58. The Hall–Kier alpha value is -2.40. The molecule has 0 spiro atoms. The minimum Gasteiger partial charge on any atom is -0.329 e. The zero-order valence-corrected chi connectivity index (χ0v) is 15.4. The molecule has 130 valence electrons. The number of nitrogens with zero attached hydrogens (tertiary/aromatic N) is 4. The van der Waals surface area contributed by atoms with Gasteiger partial charge >= 0.3 is 0 Å². The van der Waals surface area contributed by atoms with Crippen LogP contribution in [0.2, 0.25) is 5.02 Å². The van der Waals surface area contributed by atoms with E-state index in [-0.39, 0.29) is 5.91 Å². The van der Waals surface area contributed by atoms with Crippen molar-refractivity contribution < 1.29 is 4.79 Å². The fraction of sp³-hybridized carbons (Fsp3) is 0.316. The molecule has 0 aliphatic carbocycles. The Morgan fingerprint density at radius 3 is 2.80 bits per heavy atom. The van der Waals surface area contributed by atoms with Gasteiger partial charge < -0.3 is 9.47 Å². The van der Waals surface area contributed by atoms with E-state index in [9.17, 15) is 4.79 Å². The molecule has 3 rings (SSSR count). The van der Waals surface area contributed by atoms with Crippen LogP contribution in [0.5, 0.6) is 0 Å². The van der Waals surface area contributed by atoms with Gasteiger partial charge in [0.15, 0.2) is 11.6 Å². The summed E-state index contributed by atoms with van der Waals surface area (Å²) in [6.45, 7) is 7.66. The third kappa shape index (κ3) is 3.51. The highest BCUT2D eigenvalue weighted by atomic mass is 35.5. The van der Waals surface area contributed by atoms with Gasteiger partial charge in [0.2, 0.25) is 0 Å². The molecule has 0 radical (unpaired) electrons. The summed E-state index contributed by atoms with van der Waals surface area (Å²) in [5, 5.41) is 9.05. The lowest BCUT2D eigenvalue weighted by molar-refractivity contribution is 0.0707. The molecule has 0 atom stereocenters. The van der Waals surface area contributed by atoms with Crippen LogP contribution in [0.1, 0.15) is 41.4 Å². The second kappa shape index (κ2) is 7.23. The highest BCUT2D eigenvalue weighted by Crippen LogP contribution is 2.23. The van der Waals surface area contributed by atoms with Crippen molar-refractivity contribution in [2.24, 2.45) is 0 Å². The summed E-state index contributed by atoms with van der Waals surface area (Å²) in [6.07, 6.45) is 5.97. The number of hydrogen-bond donors (Lipinski definition) is 0. The maximum Gasteiger partial charge on any atom is 0.255 e. The van der Waals surface area contributed by atoms with Gasteiger partial charge in [0.25, 0.3) is 5.91 Å². The maximum atomic E-state index is 12.8. The first kappa shape index (κ1) is 17.4. The van der Waals surface area contributed by atoms with Gasteiger partial charge in [-0.1, -0.05) is 35.9 Å². The van der Waals surface area contributed by atoms with E-state index in [4.69, 9.17) is 11.6 Å². The number of carbonyl (C=O) groups is 1. The van der Waals surface area contributed by atoms with E-state index < -0.39 is 0 Å². The Morgan fingerprint density at radius 2 is 2.08 bits per heavy atom. The summed E-state index contributed by atoms with van der Waals surface area (Å²) in [7, 11) is 0. The van der Waals surface area contributed by atoms with E-state index in [2.05, 4.69) is 14.8 Å². The molecule has 0 unspecified atom stereocenters. The summed E-state index contributed by atoms with van der Waals surface area (Å²) in [4.78, 5) is 14.6. The van der Waals surface area contributed by atoms with Crippen LogP contribution >= 0.6 is 11.6 Å². The van der Waals surface area contributed by atoms with Gasteiger partial charge in [-0.15, -0.1) is 10.2 Å². The van der Waals surface area contributed by atoms with Crippen molar-refractivity contribution >= 4 is 23.1 Å². The first-order valence-corrected chi connectivity index (χ1v) is 8.66. The number of amides is 1. The number of halogens is 1. The summed E-state index contributed by atoms with van der Waals surface area (Å²) in [5.41, 5.74) is 2.62. The fourth-order valence-corrected chi connectivity index (χ4v) is 3.22. The Balaban J connectivity index is 1.82. The minimum absolute atomic E-state index is 0.0676. The second-order valence-corrected chi connectivity index (χ2v) is 6.58. The minimum atomic E-state index is -0.0676. The molecule has 1 aromatic heterocycles. The lowest BCUT2D eigenvalue weighted by atomic mass is 10.1. The predicted octanol–water partition coefficient (Wildman–Crippen LogP) is 3.88. The number of hydrogen-bond acceptors (Lipinski definition) is 3. The van der Waals surface area contributed by atoms with Gasteiger partial charge in [-0.25, -0.2) is 0 Å². The molecule has 0 bridgehead atoms. The number of allylic oxidation sites excluding steroid dienone is 4. The molecule has 1 amide bonds. The summed E-state index contributed by atoms with van der Waals surface area (Å²) in [6, 6.07) is 5.50. The molecule has 1 aliphatic rings. The van der Waals surface area contributed by atoms with Gasteiger partial charge in [-0.05, 0) is 44.0 Å². The second-order valence-electron chi connectivity index (χ2n) is 6.18. The van der Waals surface area contributed by atoms with Crippen molar-refractivity contribution in [2.75, 3.05) is 6.54 Å². The molecule has 0 fully saturated rings. The molecule has 0 saturated carbocycles. The molecule has 1 aromatic carbocycles. The predicted molar refractivity (Wildman–Crippen MR) is 99.4 cm³/mol. The van der Waals surface area contributed by atoms with Crippen molar-refractivity contribution in [3.63, 3.8) is 0 Å². The van der Waals surface area contributed by atoms with Crippen molar-refractivity contribution in [1.82, 2.24) is 19.7 Å².